The Hall–Kier alpha value is -2.62. The smallest absolute Gasteiger partial charge is 0.269 e. The number of nitrogens with zero attached hydrogens (tertiary/aromatic N) is 2. The Morgan fingerprint density at radius 3 is 2.43 bits per heavy atom. The van der Waals surface area contributed by atoms with E-state index in [-0.39, 0.29) is 41.9 Å². The minimum atomic E-state index is -4.05. The monoisotopic (exact) mass is 539 g/mol. The summed E-state index contributed by atoms with van der Waals surface area (Å²) in [6.07, 6.45) is 0.413. The number of benzene rings is 2. The third-order valence-electron chi connectivity index (χ3n) is 5.96. The molecule has 1 aliphatic rings. The molecule has 188 valence electrons. The molecule has 0 fully saturated rings. The zero-order valence-corrected chi connectivity index (χ0v) is 22.0. The molecule has 2 aromatic rings. The number of carbonyl (C=O) groups excluding carboxylic acids is 3. The summed E-state index contributed by atoms with van der Waals surface area (Å²) in [6, 6.07) is 9.78. The van der Waals surface area contributed by atoms with E-state index in [0.29, 0.717) is 26.3 Å². The normalized spacial score (nSPS) is 15.9. The van der Waals surface area contributed by atoms with Crippen LogP contribution in [0.1, 0.15) is 49.5 Å². The standard InChI is InChI=1S/C24H27Cl2N3O5S/c1-4-15(2)27-23(31)16(3)28(14-17-9-10-18(25)13-20(17)26)22(30)11-12-29-24(32)19-7-5-6-8-21(19)35(29,33)34/h5-10,13,15-16H,4,11-12,14H2,1-3H3,(H,27,31)/t15-,16+/m0/s1. The van der Waals surface area contributed by atoms with Gasteiger partial charge in [0.2, 0.25) is 11.8 Å². The Morgan fingerprint density at radius 2 is 1.80 bits per heavy atom. The number of fused-ring (bicyclic) bond motifs is 1. The molecule has 0 saturated carbocycles. The summed E-state index contributed by atoms with van der Waals surface area (Å²) in [4.78, 5) is 40.1. The average Bonchev–Trinajstić information content (AvgIpc) is 3.01. The maximum atomic E-state index is 13.3. The molecule has 0 spiro atoms. The number of amides is 3. The molecule has 2 aromatic carbocycles. The second kappa shape index (κ2) is 11.0. The molecule has 0 bridgehead atoms. The summed E-state index contributed by atoms with van der Waals surface area (Å²) >= 11 is 12.3. The molecule has 1 aliphatic heterocycles. The highest BCUT2D eigenvalue weighted by Crippen LogP contribution is 2.30. The van der Waals surface area contributed by atoms with Crippen LogP contribution in [0, 0.1) is 0 Å². The molecular weight excluding hydrogens is 513 g/mol. The molecule has 0 unspecified atom stereocenters. The van der Waals surface area contributed by atoms with E-state index >= 15 is 0 Å². The Balaban J connectivity index is 1.82. The van der Waals surface area contributed by atoms with Crippen molar-refractivity contribution in [1.29, 1.82) is 0 Å². The van der Waals surface area contributed by atoms with Crippen LogP contribution in [0.4, 0.5) is 0 Å². The minimum Gasteiger partial charge on any atom is -0.352 e. The third kappa shape index (κ3) is 5.79. The molecule has 8 nitrogen and oxygen atoms in total. The van der Waals surface area contributed by atoms with Crippen molar-refractivity contribution in [2.45, 2.75) is 57.1 Å². The lowest BCUT2D eigenvalue weighted by Crippen LogP contribution is -2.50. The van der Waals surface area contributed by atoms with E-state index < -0.39 is 27.9 Å². The first-order valence-corrected chi connectivity index (χ1v) is 13.4. The van der Waals surface area contributed by atoms with Gasteiger partial charge in [-0.1, -0.05) is 48.3 Å². The van der Waals surface area contributed by atoms with Gasteiger partial charge in [0.1, 0.15) is 10.9 Å². The lowest BCUT2D eigenvalue weighted by atomic mass is 10.1. The van der Waals surface area contributed by atoms with Crippen LogP contribution in [-0.2, 0) is 26.2 Å². The van der Waals surface area contributed by atoms with E-state index in [2.05, 4.69) is 5.32 Å². The van der Waals surface area contributed by atoms with E-state index in [1.165, 1.54) is 29.2 Å². The van der Waals surface area contributed by atoms with Gasteiger partial charge in [0.25, 0.3) is 15.9 Å². The first-order chi connectivity index (χ1) is 16.5. The van der Waals surface area contributed by atoms with Gasteiger partial charge in [-0.3, -0.25) is 14.4 Å². The molecule has 0 saturated heterocycles. The Kier molecular flexibility index (Phi) is 8.46. The van der Waals surface area contributed by atoms with Crippen LogP contribution in [0.5, 0.6) is 0 Å². The molecule has 35 heavy (non-hydrogen) atoms. The van der Waals surface area contributed by atoms with E-state index in [1.54, 1.807) is 25.1 Å². The van der Waals surface area contributed by atoms with E-state index in [9.17, 15) is 22.8 Å². The number of hydrogen-bond donors (Lipinski definition) is 1. The SMILES string of the molecule is CC[C@H](C)NC(=O)[C@@H](C)N(Cc1ccc(Cl)cc1Cl)C(=O)CCN1C(=O)c2ccccc2S1(=O)=O. The number of carbonyl (C=O) groups is 3. The minimum absolute atomic E-state index is 0.00481. The zero-order valence-electron chi connectivity index (χ0n) is 19.6. The van der Waals surface area contributed by atoms with Gasteiger partial charge in [-0.25, -0.2) is 12.7 Å². The summed E-state index contributed by atoms with van der Waals surface area (Å²) in [7, 11) is -4.05. The van der Waals surface area contributed by atoms with Crippen LogP contribution < -0.4 is 5.32 Å². The molecule has 0 aromatic heterocycles. The number of sulfonamides is 1. The van der Waals surface area contributed by atoms with Crippen molar-refractivity contribution in [2.24, 2.45) is 0 Å². The predicted octanol–water partition coefficient (Wildman–Crippen LogP) is 3.86. The van der Waals surface area contributed by atoms with Crippen molar-refractivity contribution in [2.75, 3.05) is 6.54 Å². The van der Waals surface area contributed by atoms with Crippen LogP contribution in [0.3, 0.4) is 0 Å². The molecule has 0 aliphatic carbocycles. The maximum absolute atomic E-state index is 13.3. The summed E-state index contributed by atoms with van der Waals surface area (Å²) in [5.41, 5.74) is 0.649. The van der Waals surface area contributed by atoms with E-state index in [1.807, 2.05) is 13.8 Å². The first-order valence-electron chi connectivity index (χ1n) is 11.2. The van der Waals surface area contributed by atoms with Crippen LogP contribution >= 0.6 is 23.2 Å². The largest absolute Gasteiger partial charge is 0.352 e. The van der Waals surface area contributed by atoms with Crippen LogP contribution in [0.2, 0.25) is 10.0 Å². The number of halogens is 2. The van der Waals surface area contributed by atoms with Gasteiger partial charge < -0.3 is 10.2 Å². The Bertz CT molecular complexity index is 1250. The van der Waals surface area contributed by atoms with Gasteiger partial charge in [0, 0.05) is 35.6 Å². The summed E-state index contributed by atoms with van der Waals surface area (Å²) in [5, 5.41) is 3.61. The van der Waals surface area contributed by atoms with Crippen LogP contribution in [-0.4, -0.2) is 54.0 Å². The van der Waals surface area contributed by atoms with Crippen molar-refractivity contribution in [3.8, 4) is 0 Å². The van der Waals surface area contributed by atoms with Gasteiger partial charge in [0.05, 0.1) is 5.56 Å². The highest BCUT2D eigenvalue weighted by molar-refractivity contribution is 7.90. The van der Waals surface area contributed by atoms with E-state index in [4.69, 9.17) is 23.2 Å². The molecule has 1 N–H and O–H groups in total. The van der Waals surface area contributed by atoms with Gasteiger partial charge in [-0.15, -0.1) is 0 Å². The second-order valence-corrected chi connectivity index (χ2v) is 11.1. The van der Waals surface area contributed by atoms with Crippen molar-refractivity contribution >= 4 is 50.9 Å². The summed E-state index contributed by atoms with van der Waals surface area (Å²) in [6.45, 7) is 5.03. The van der Waals surface area contributed by atoms with Crippen molar-refractivity contribution < 1.29 is 22.8 Å². The van der Waals surface area contributed by atoms with Gasteiger partial charge in [0.15, 0.2) is 0 Å². The average molecular weight is 540 g/mol. The predicted molar refractivity (Wildman–Crippen MR) is 134 cm³/mol. The number of hydrogen-bond acceptors (Lipinski definition) is 5. The number of rotatable bonds is 9. The van der Waals surface area contributed by atoms with Gasteiger partial charge >= 0.3 is 0 Å². The Morgan fingerprint density at radius 1 is 1.11 bits per heavy atom. The molecular formula is C24H27Cl2N3O5S. The molecule has 3 rings (SSSR count). The first kappa shape index (κ1) is 27.0. The van der Waals surface area contributed by atoms with Crippen LogP contribution in [0.15, 0.2) is 47.4 Å². The third-order valence-corrected chi connectivity index (χ3v) is 8.39. The molecule has 0 radical (unpaired) electrons. The topological polar surface area (TPSA) is 104 Å². The highest BCUT2D eigenvalue weighted by Gasteiger charge is 2.41. The van der Waals surface area contributed by atoms with Gasteiger partial charge in [-0.05, 0) is 50.1 Å². The van der Waals surface area contributed by atoms with Crippen molar-refractivity contribution in [3.05, 3.63) is 63.6 Å². The quantitative estimate of drug-likeness (QED) is 0.520. The van der Waals surface area contributed by atoms with Crippen molar-refractivity contribution in [3.63, 3.8) is 0 Å². The Labute approximate surface area is 215 Å². The fourth-order valence-electron chi connectivity index (χ4n) is 3.67. The zero-order chi connectivity index (χ0) is 25.9. The maximum Gasteiger partial charge on any atom is 0.269 e. The molecule has 3 amide bonds. The molecule has 1 heterocycles. The van der Waals surface area contributed by atoms with Gasteiger partial charge in [-0.2, -0.15) is 0 Å². The fraction of sp³-hybridized carbons (Fsp3) is 0.375. The summed E-state index contributed by atoms with van der Waals surface area (Å²) in [5.74, 6) is -1.53. The van der Waals surface area contributed by atoms with Crippen LogP contribution in [0.25, 0.3) is 0 Å². The lowest BCUT2D eigenvalue weighted by Gasteiger charge is -2.30. The highest BCUT2D eigenvalue weighted by atomic mass is 35.5. The summed E-state index contributed by atoms with van der Waals surface area (Å²) < 4.78 is 26.4. The molecule has 11 heteroatoms. The fourth-order valence-corrected chi connectivity index (χ4v) is 5.71. The number of nitrogens with one attached hydrogen (secondary N) is 1. The lowest BCUT2D eigenvalue weighted by molar-refractivity contribution is -0.140. The van der Waals surface area contributed by atoms with Crippen molar-refractivity contribution in [1.82, 2.24) is 14.5 Å². The van der Waals surface area contributed by atoms with E-state index in [0.717, 1.165) is 0 Å². The molecule has 2 atom stereocenters. The second-order valence-electron chi connectivity index (χ2n) is 8.38.